The van der Waals surface area contributed by atoms with Crippen molar-refractivity contribution >= 4 is 55.9 Å². The summed E-state index contributed by atoms with van der Waals surface area (Å²) in [5, 5.41) is 1.91. The molecule has 4 aromatic heterocycles. The lowest BCUT2D eigenvalue weighted by molar-refractivity contribution is 0.936. The van der Waals surface area contributed by atoms with Gasteiger partial charge in [-0.2, -0.15) is 19.9 Å². The lowest BCUT2D eigenvalue weighted by atomic mass is 10.1. The van der Waals surface area contributed by atoms with Crippen molar-refractivity contribution in [1.82, 2.24) is 39.0 Å². The number of hydrogen-bond acceptors (Lipinski definition) is 8. The van der Waals surface area contributed by atoms with E-state index in [4.69, 9.17) is 29.9 Å². The van der Waals surface area contributed by atoms with Crippen LogP contribution in [0.1, 0.15) is 0 Å². The molecule has 406 valence electrons. The molecular formula is C76H52N10. The molecule has 0 fully saturated rings. The van der Waals surface area contributed by atoms with Gasteiger partial charge in [0.2, 0.25) is 11.9 Å². The number of benzene rings is 11. The maximum Gasteiger partial charge on any atom is 0.238 e. The van der Waals surface area contributed by atoms with Crippen molar-refractivity contribution in [3.05, 3.63) is 315 Å². The standard InChI is InChI=1S/C76H52N10/c1-9-25-55(26-10-1)71-77-72(56-27-11-2-12-28-56)80-75(79-71)85-67(53-41-45-65(46-42-53)83(61-33-17-5-18-34-61)62-35-19-6-20-36-62)49-59-52-70-60(51-69(59)85)50-68(54-43-47-66(48-44-54)84(63-37-21-7-22-38-63)64-39-23-8-24-40-64)86(70)76-81-73(57-29-13-3-14-30-57)78-74(82-76)58-31-15-4-16-32-58/h1-52H. The summed E-state index contributed by atoms with van der Waals surface area (Å²) in [5.74, 6) is 3.22. The first-order valence-electron chi connectivity index (χ1n) is 28.6. The van der Waals surface area contributed by atoms with Gasteiger partial charge >= 0.3 is 0 Å². The van der Waals surface area contributed by atoms with Crippen LogP contribution in [0.2, 0.25) is 0 Å². The second kappa shape index (κ2) is 22.5. The van der Waals surface area contributed by atoms with Crippen LogP contribution in [0.3, 0.4) is 0 Å². The Kier molecular flexibility index (Phi) is 13.3. The minimum atomic E-state index is 0.482. The smallest absolute Gasteiger partial charge is 0.238 e. The molecule has 0 saturated heterocycles. The van der Waals surface area contributed by atoms with Crippen LogP contribution in [0.4, 0.5) is 34.1 Å². The SMILES string of the molecule is c1ccc(-c2nc(-c3ccccc3)nc(-n3c(-c4ccc(N(c5ccccc5)c5ccccc5)cc4)cc4cc5c(cc(-c6ccc(N(c7ccccc7)c7ccccc7)cc6)n5-c5nc(-c6ccccc6)nc(-c6ccccc6)n5)cc43)n2)cc1. The van der Waals surface area contributed by atoms with Crippen molar-refractivity contribution in [3.8, 4) is 80.0 Å². The lowest BCUT2D eigenvalue weighted by Crippen LogP contribution is -2.10. The molecule has 10 nitrogen and oxygen atoms in total. The Balaban J connectivity index is 0.973. The summed E-state index contributed by atoms with van der Waals surface area (Å²) in [6.45, 7) is 0. The summed E-state index contributed by atoms with van der Waals surface area (Å²) in [5.41, 5.74) is 15.3. The lowest BCUT2D eigenvalue weighted by Gasteiger charge is -2.25. The molecule has 0 aliphatic rings. The molecule has 11 aromatic carbocycles. The summed E-state index contributed by atoms with van der Waals surface area (Å²) in [7, 11) is 0. The Labute approximate surface area is 497 Å². The monoisotopic (exact) mass is 1100 g/mol. The van der Waals surface area contributed by atoms with Gasteiger partial charge in [0.25, 0.3) is 0 Å². The maximum absolute atomic E-state index is 5.37. The Morgan fingerprint density at radius 1 is 0.209 bits per heavy atom. The molecular weight excluding hydrogens is 1050 g/mol. The van der Waals surface area contributed by atoms with Gasteiger partial charge in [0.05, 0.1) is 22.4 Å². The van der Waals surface area contributed by atoms with Crippen molar-refractivity contribution in [2.75, 3.05) is 9.80 Å². The molecule has 0 unspecified atom stereocenters. The molecule has 86 heavy (non-hydrogen) atoms. The van der Waals surface area contributed by atoms with Gasteiger partial charge in [0.1, 0.15) is 0 Å². The van der Waals surface area contributed by atoms with Gasteiger partial charge in [0.15, 0.2) is 23.3 Å². The van der Waals surface area contributed by atoms with Gasteiger partial charge in [-0.25, -0.2) is 9.97 Å². The first-order valence-corrected chi connectivity index (χ1v) is 28.6. The third-order valence-corrected chi connectivity index (χ3v) is 15.4. The van der Waals surface area contributed by atoms with Gasteiger partial charge in [-0.05, 0) is 108 Å². The number of nitrogens with zero attached hydrogens (tertiary/aromatic N) is 10. The predicted octanol–water partition coefficient (Wildman–Crippen LogP) is 18.9. The maximum atomic E-state index is 5.37. The number of anilines is 6. The highest BCUT2D eigenvalue weighted by atomic mass is 15.2. The van der Waals surface area contributed by atoms with Gasteiger partial charge in [-0.3, -0.25) is 9.13 Å². The third-order valence-electron chi connectivity index (χ3n) is 15.4. The van der Waals surface area contributed by atoms with Crippen LogP contribution < -0.4 is 9.80 Å². The Morgan fingerprint density at radius 3 is 0.698 bits per heavy atom. The zero-order valence-corrected chi connectivity index (χ0v) is 46.5. The van der Waals surface area contributed by atoms with Crippen molar-refractivity contribution in [2.24, 2.45) is 0 Å². The Bertz CT molecular complexity index is 4310. The first kappa shape index (κ1) is 51.0. The molecule has 15 aromatic rings. The van der Waals surface area contributed by atoms with Gasteiger partial charge in [-0.1, -0.05) is 218 Å². The Morgan fingerprint density at radius 2 is 0.442 bits per heavy atom. The number of fused-ring (bicyclic) bond motifs is 2. The second-order valence-corrected chi connectivity index (χ2v) is 20.8. The van der Waals surface area contributed by atoms with E-state index < -0.39 is 0 Å². The van der Waals surface area contributed by atoms with Gasteiger partial charge < -0.3 is 9.80 Å². The van der Waals surface area contributed by atoms with Crippen molar-refractivity contribution in [1.29, 1.82) is 0 Å². The molecule has 0 amide bonds. The van der Waals surface area contributed by atoms with E-state index >= 15 is 0 Å². The van der Waals surface area contributed by atoms with Crippen LogP contribution >= 0.6 is 0 Å². The topological polar surface area (TPSA) is 93.7 Å². The fourth-order valence-electron chi connectivity index (χ4n) is 11.3. The molecule has 0 aliphatic heterocycles. The van der Waals surface area contributed by atoms with Crippen LogP contribution in [0, 0.1) is 0 Å². The minimum absolute atomic E-state index is 0.482. The van der Waals surface area contributed by atoms with Crippen LogP contribution in [0.15, 0.2) is 315 Å². The normalized spacial score (nSPS) is 11.3. The van der Waals surface area contributed by atoms with Crippen molar-refractivity contribution < 1.29 is 0 Å². The van der Waals surface area contributed by atoms with Gasteiger partial charge in [0, 0.05) is 67.2 Å². The molecule has 0 aliphatic carbocycles. The summed E-state index contributed by atoms with van der Waals surface area (Å²) in [6.07, 6.45) is 0. The highest BCUT2D eigenvalue weighted by Crippen LogP contribution is 2.42. The fourth-order valence-corrected chi connectivity index (χ4v) is 11.3. The van der Waals surface area contributed by atoms with E-state index in [1.54, 1.807) is 0 Å². The largest absolute Gasteiger partial charge is 0.311 e. The molecule has 0 atom stereocenters. The zero-order valence-electron chi connectivity index (χ0n) is 46.5. The van der Waals surface area contributed by atoms with E-state index in [2.05, 4.69) is 189 Å². The molecule has 0 spiro atoms. The number of rotatable bonds is 14. The summed E-state index contributed by atoms with van der Waals surface area (Å²) < 4.78 is 4.38. The molecule has 0 N–H and O–H groups in total. The average Bonchev–Trinajstić information content (AvgIpc) is 4.17. The van der Waals surface area contributed by atoms with Gasteiger partial charge in [-0.15, -0.1) is 0 Å². The minimum Gasteiger partial charge on any atom is -0.311 e. The van der Waals surface area contributed by atoms with E-state index in [-0.39, 0.29) is 0 Å². The fraction of sp³-hybridized carbons (Fsp3) is 0. The predicted molar refractivity (Wildman–Crippen MR) is 349 cm³/mol. The molecule has 0 saturated carbocycles. The summed E-state index contributed by atoms with van der Waals surface area (Å²) in [6, 6.07) is 109. The van der Waals surface area contributed by atoms with Crippen LogP contribution in [-0.2, 0) is 0 Å². The van der Waals surface area contributed by atoms with Crippen molar-refractivity contribution in [2.45, 2.75) is 0 Å². The number of aromatic nitrogens is 8. The Hall–Kier alpha value is -11.9. The van der Waals surface area contributed by atoms with E-state index in [1.165, 1.54) is 0 Å². The average molecular weight is 1110 g/mol. The van der Waals surface area contributed by atoms with Crippen LogP contribution in [0.5, 0.6) is 0 Å². The zero-order chi connectivity index (χ0) is 57.2. The second-order valence-electron chi connectivity index (χ2n) is 20.8. The molecule has 0 radical (unpaired) electrons. The molecule has 15 rings (SSSR count). The number of hydrogen-bond donors (Lipinski definition) is 0. The van der Waals surface area contributed by atoms with Crippen LogP contribution in [0.25, 0.3) is 102 Å². The molecule has 10 heteroatoms. The first-order chi connectivity index (χ1) is 42.6. The molecule has 4 heterocycles. The third kappa shape index (κ3) is 9.88. The van der Waals surface area contributed by atoms with Crippen molar-refractivity contribution in [3.63, 3.8) is 0 Å². The quantitative estimate of drug-likeness (QED) is 0.106. The summed E-state index contributed by atoms with van der Waals surface area (Å²) in [4.78, 5) is 36.3. The highest BCUT2D eigenvalue weighted by molar-refractivity contribution is 6.02. The molecule has 0 bridgehead atoms. The van der Waals surface area contributed by atoms with E-state index in [0.29, 0.717) is 35.2 Å². The summed E-state index contributed by atoms with van der Waals surface area (Å²) >= 11 is 0. The van der Waals surface area contributed by atoms with E-state index in [0.717, 1.165) is 101 Å². The van der Waals surface area contributed by atoms with Crippen LogP contribution in [-0.4, -0.2) is 39.0 Å². The van der Waals surface area contributed by atoms with E-state index in [1.807, 2.05) is 146 Å². The van der Waals surface area contributed by atoms with E-state index in [9.17, 15) is 0 Å². The highest BCUT2D eigenvalue weighted by Gasteiger charge is 2.25. The number of para-hydroxylation sites is 4.